The molecule has 0 saturated carbocycles. The molecular formula is C11H14N4O. The first kappa shape index (κ1) is 12.0. The van der Waals surface area contributed by atoms with Gasteiger partial charge in [-0.2, -0.15) is 0 Å². The third-order valence-corrected chi connectivity index (χ3v) is 1.67. The van der Waals surface area contributed by atoms with Gasteiger partial charge in [-0.15, -0.1) is 0 Å². The Morgan fingerprint density at radius 2 is 2.44 bits per heavy atom. The van der Waals surface area contributed by atoms with Crippen molar-refractivity contribution in [1.29, 1.82) is 0 Å². The summed E-state index contributed by atoms with van der Waals surface area (Å²) in [5.41, 5.74) is 6.04. The van der Waals surface area contributed by atoms with Crippen LogP contribution >= 0.6 is 0 Å². The molecule has 2 amide bonds. The van der Waals surface area contributed by atoms with Crippen LogP contribution in [-0.4, -0.2) is 24.1 Å². The third-order valence-electron chi connectivity index (χ3n) is 1.67. The second-order valence-electron chi connectivity index (χ2n) is 2.92. The summed E-state index contributed by atoms with van der Waals surface area (Å²) < 4.78 is 0. The molecule has 0 unspecified atom stereocenters. The number of hydrogen-bond acceptors (Lipinski definition) is 3. The molecule has 1 heterocycles. The Morgan fingerprint density at radius 1 is 1.62 bits per heavy atom. The summed E-state index contributed by atoms with van der Waals surface area (Å²) in [4.78, 5) is 15.2. The molecule has 1 aromatic heterocycles. The van der Waals surface area contributed by atoms with Crippen molar-refractivity contribution in [2.24, 2.45) is 5.73 Å². The summed E-state index contributed by atoms with van der Waals surface area (Å²) in [5.74, 6) is 6.06. The number of rotatable bonds is 2. The van der Waals surface area contributed by atoms with Crippen molar-refractivity contribution in [1.82, 2.24) is 10.3 Å². The molecule has 16 heavy (non-hydrogen) atoms. The normalized spacial score (nSPS) is 8.88. The van der Waals surface area contributed by atoms with E-state index in [4.69, 9.17) is 5.73 Å². The van der Waals surface area contributed by atoms with E-state index in [9.17, 15) is 4.79 Å². The number of nitrogens with two attached hydrogens (primary N) is 1. The van der Waals surface area contributed by atoms with Gasteiger partial charge in [-0.05, 0) is 19.1 Å². The van der Waals surface area contributed by atoms with E-state index in [2.05, 4.69) is 27.5 Å². The number of carbonyl (C=O) groups excluding carboxylic acids is 1. The Hall–Kier alpha value is -2.06. The summed E-state index contributed by atoms with van der Waals surface area (Å²) in [6.45, 7) is 2.72. The van der Waals surface area contributed by atoms with E-state index in [0.717, 1.165) is 5.56 Å². The molecule has 84 valence electrons. The fraction of sp³-hybridized carbons (Fsp3) is 0.273. The molecule has 4 N–H and O–H groups in total. The Kier molecular flexibility index (Phi) is 4.83. The van der Waals surface area contributed by atoms with Crippen molar-refractivity contribution in [3.63, 3.8) is 0 Å². The van der Waals surface area contributed by atoms with Crippen molar-refractivity contribution in [3.8, 4) is 11.8 Å². The maximum atomic E-state index is 11.2. The first-order valence-electron chi connectivity index (χ1n) is 4.96. The molecule has 0 radical (unpaired) electrons. The van der Waals surface area contributed by atoms with Gasteiger partial charge >= 0.3 is 6.03 Å². The van der Waals surface area contributed by atoms with Crippen molar-refractivity contribution in [3.05, 3.63) is 23.9 Å². The number of urea groups is 1. The van der Waals surface area contributed by atoms with Crippen molar-refractivity contribution in [2.45, 2.75) is 6.92 Å². The van der Waals surface area contributed by atoms with Crippen LogP contribution in [0.1, 0.15) is 12.5 Å². The lowest BCUT2D eigenvalue weighted by atomic mass is 10.2. The SMILES string of the molecule is CCNC(=O)Nc1cc(C#CCN)ccn1. The van der Waals surface area contributed by atoms with Crippen LogP contribution in [0.25, 0.3) is 0 Å². The number of nitrogens with zero attached hydrogens (tertiary/aromatic N) is 1. The Bertz CT molecular complexity index is 419. The highest BCUT2D eigenvalue weighted by Crippen LogP contribution is 2.05. The predicted molar refractivity (Wildman–Crippen MR) is 62.9 cm³/mol. The number of nitrogens with one attached hydrogen (secondary N) is 2. The summed E-state index contributed by atoms with van der Waals surface area (Å²) in [7, 11) is 0. The minimum Gasteiger partial charge on any atom is -0.338 e. The molecule has 0 aliphatic rings. The molecule has 0 atom stereocenters. The smallest absolute Gasteiger partial charge is 0.320 e. The number of hydrogen-bond donors (Lipinski definition) is 3. The number of anilines is 1. The molecule has 0 aromatic carbocycles. The first-order valence-corrected chi connectivity index (χ1v) is 4.96. The van der Waals surface area contributed by atoms with Crippen molar-refractivity contribution < 1.29 is 4.79 Å². The molecule has 1 rings (SSSR count). The molecule has 5 heteroatoms. The minimum atomic E-state index is -0.279. The van der Waals surface area contributed by atoms with Crippen molar-refractivity contribution >= 4 is 11.8 Å². The van der Waals surface area contributed by atoms with Gasteiger partial charge in [0.25, 0.3) is 0 Å². The van der Waals surface area contributed by atoms with Gasteiger partial charge in [-0.3, -0.25) is 5.32 Å². The van der Waals surface area contributed by atoms with Crippen molar-refractivity contribution in [2.75, 3.05) is 18.4 Å². The van der Waals surface area contributed by atoms with Crippen LogP contribution in [-0.2, 0) is 0 Å². The van der Waals surface area contributed by atoms with Crippen LogP contribution in [0.3, 0.4) is 0 Å². The lowest BCUT2D eigenvalue weighted by Gasteiger charge is -2.04. The zero-order valence-corrected chi connectivity index (χ0v) is 9.08. The topological polar surface area (TPSA) is 80.0 Å². The van der Waals surface area contributed by atoms with E-state index < -0.39 is 0 Å². The second-order valence-corrected chi connectivity index (χ2v) is 2.92. The highest BCUT2D eigenvalue weighted by molar-refractivity contribution is 5.88. The number of carbonyl (C=O) groups is 1. The van der Waals surface area contributed by atoms with E-state index in [0.29, 0.717) is 18.9 Å². The van der Waals surface area contributed by atoms with E-state index in [1.54, 1.807) is 18.3 Å². The Balaban J connectivity index is 2.71. The van der Waals surface area contributed by atoms with Crippen LogP contribution in [0.15, 0.2) is 18.3 Å². The van der Waals surface area contributed by atoms with Gasteiger partial charge in [0.2, 0.25) is 0 Å². The van der Waals surface area contributed by atoms with E-state index >= 15 is 0 Å². The molecule has 0 aliphatic carbocycles. The molecular weight excluding hydrogens is 204 g/mol. The van der Waals surface area contributed by atoms with Gasteiger partial charge in [0.05, 0.1) is 6.54 Å². The summed E-state index contributed by atoms with van der Waals surface area (Å²) in [6, 6.07) is 3.17. The maximum absolute atomic E-state index is 11.2. The standard InChI is InChI=1S/C11H14N4O/c1-2-13-11(16)15-10-8-9(4-3-6-12)5-7-14-10/h5,7-8H,2,6,12H2,1H3,(H2,13,14,15,16). The van der Waals surface area contributed by atoms with E-state index in [1.807, 2.05) is 6.92 Å². The lowest BCUT2D eigenvalue weighted by molar-refractivity contribution is 0.252. The molecule has 0 saturated heterocycles. The highest BCUT2D eigenvalue weighted by Gasteiger charge is 2.00. The number of aromatic nitrogens is 1. The van der Waals surface area contributed by atoms with E-state index in [-0.39, 0.29) is 6.03 Å². The van der Waals surface area contributed by atoms with Gasteiger partial charge in [0, 0.05) is 18.3 Å². The Labute approximate surface area is 94.4 Å². The fourth-order valence-electron chi connectivity index (χ4n) is 1.05. The molecule has 0 bridgehead atoms. The lowest BCUT2D eigenvalue weighted by Crippen LogP contribution is -2.28. The molecule has 0 spiro atoms. The van der Waals surface area contributed by atoms with Gasteiger partial charge in [-0.25, -0.2) is 9.78 Å². The predicted octanol–water partition coefficient (Wildman–Crippen LogP) is 0.533. The van der Waals surface area contributed by atoms with E-state index in [1.165, 1.54) is 0 Å². The zero-order valence-electron chi connectivity index (χ0n) is 9.08. The largest absolute Gasteiger partial charge is 0.338 e. The highest BCUT2D eigenvalue weighted by atomic mass is 16.2. The monoisotopic (exact) mass is 218 g/mol. The van der Waals surface area contributed by atoms with Gasteiger partial charge in [0.1, 0.15) is 5.82 Å². The quantitative estimate of drug-likeness (QED) is 0.633. The second kappa shape index (κ2) is 6.43. The average Bonchev–Trinajstić information content (AvgIpc) is 2.27. The zero-order chi connectivity index (χ0) is 11.8. The number of amides is 2. The van der Waals surface area contributed by atoms with Gasteiger partial charge < -0.3 is 11.1 Å². The van der Waals surface area contributed by atoms with Crippen LogP contribution < -0.4 is 16.4 Å². The van der Waals surface area contributed by atoms with Crippen LogP contribution in [0.5, 0.6) is 0 Å². The maximum Gasteiger partial charge on any atom is 0.320 e. The summed E-state index contributed by atoms with van der Waals surface area (Å²) >= 11 is 0. The molecule has 5 nitrogen and oxygen atoms in total. The fourth-order valence-corrected chi connectivity index (χ4v) is 1.05. The van der Waals surface area contributed by atoms with Gasteiger partial charge in [0.15, 0.2) is 0 Å². The molecule has 1 aromatic rings. The summed E-state index contributed by atoms with van der Waals surface area (Å²) in [6.07, 6.45) is 1.59. The van der Waals surface area contributed by atoms with Crippen LogP contribution in [0.4, 0.5) is 10.6 Å². The summed E-state index contributed by atoms with van der Waals surface area (Å²) in [5, 5.41) is 5.21. The minimum absolute atomic E-state index is 0.279. The number of pyridine rings is 1. The van der Waals surface area contributed by atoms with Gasteiger partial charge in [-0.1, -0.05) is 11.8 Å². The third kappa shape index (κ3) is 3.98. The van der Waals surface area contributed by atoms with Crippen LogP contribution in [0.2, 0.25) is 0 Å². The molecule has 0 aliphatic heterocycles. The van der Waals surface area contributed by atoms with Crippen LogP contribution in [0, 0.1) is 11.8 Å². The first-order chi connectivity index (χ1) is 7.76. The molecule has 0 fully saturated rings. The average molecular weight is 218 g/mol. The Morgan fingerprint density at radius 3 is 3.12 bits per heavy atom.